The summed E-state index contributed by atoms with van der Waals surface area (Å²) in [5.41, 5.74) is 2.13. The van der Waals surface area contributed by atoms with Crippen LogP contribution in [0.4, 0.5) is 23.0 Å². The molecule has 0 saturated carbocycles. The minimum Gasteiger partial charge on any atom is -0.462 e. The molecule has 3 rings (SSSR count). The van der Waals surface area contributed by atoms with Crippen LogP contribution in [0.2, 0.25) is 0 Å². The summed E-state index contributed by atoms with van der Waals surface area (Å²) in [6.07, 6.45) is 8.99. The van der Waals surface area contributed by atoms with Crippen molar-refractivity contribution in [2.24, 2.45) is 5.92 Å². The Hall–Kier alpha value is -3.49. The molecule has 0 spiro atoms. The summed E-state index contributed by atoms with van der Waals surface area (Å²) in [6, 6.07) is 6.52. The van der Waals surface area contributed by atoms with Crippen molar-refractivity contribution in [2.45, 2.75) is 46.0 Å². The number of benzene rings is 1. The molecule has 1 heterocycles. The van der Waals surface area contributed by atoms with Gasteiger partial charge in [0.15, 0.2) is 0 Å². The number of nitrogens with zero attached hydrogens (tertiary/aromatic N) is 3. The van der Waals surface area contributed by atoms with Gasteiger partial charge in [-0.25, -0.2) is 14.8 Å². The number of esters is 1. The zero-order valence-corrected chi connectivity index (χ0v) is 18.5. The highest BCUT2D eigenvalue weighted by atomic mass is 16.6. The van der Waals surface area contributed by atoms with Crippen molar-refractivity contribution >= 4 is 29.0 Å². The number of rotatable bonds is 10. The third-order valence-electron chi connectivity index (χ3n) is 5.06. The molecule has 0 aliphatic heterocycles. The fraction of sp³-hybridized carbons (Fsp3) is 0.435. The lowest BCUT2D eigenvalue weighted by Crippen LogP contribution is -2.11. The number of nitro groups is 1. The van der Waals surface area contributed by atoms with Crippen LogP contribution in [-0.2, 0) is 4.74 Å². The van der Waals surface area contributed by atoms with Crippen LogP contribution in [0.3, 0.4) is 0 Å². The molecule has 32 heavy (non-hydrogen) atoms. The molecule has 0 amide bonds. The van der Waals surface area contributed by atoms with Gasteiger partial charge < -0.3 is 15.4 Å². The van der Waals surface area contributed by atoms with Crippen LogP contribution in [0.1, 0.15) is 56.3 Å². The molecule has 2 N–H and O–H groups in total. The number of anilines is 3. The van der Waals surface area contributed by atoms with Gasteiger partial charge in [0, 0.05) is 12.2 Å². The highest BCUT2D eigenvalue weighted by Crippen LogP contribution is 2.31. The van der Waals surface area contributed by atoms with Crippen molar-refractivity contribution in [1.82, 2.24) is 9.97 Å². The van der Waals surface area contributed by atoms with Crippen LogP contribution in [-0.4, -0.2) is 34.0 Å². The number of carbonyl (C=O) groups excluding carboxylic acids is 1. The molecule has 2 aromatic rings. The maximum absolute atomic E-state index is 12.1. The Balaban J connectivity index is 1.68. The van der Waals surface area contributed by atoms with E-state index in [1.807, 2.05) is 13.8 Å². The van der Waals surface area contributed by atoms with E-state index in [0.29, 0.717) is 24.4 Å². The van der Waals surface area contributed by atoms with Gasteiger partial charge in [0.05, 0.1) is 17.1 Å². The zero-order chi connectivity index (χ0) is 22.9. The average Bonchev–Trinajstić information content (AvgIpc) is 2.78. The maximum Gasteiger partial charge on any atom is 0.353 e. The van der Waals surface area contributed by atoms with Crippen LogP contribution in [0, 0.1) is 16.0 Å². The number of allylic oxidation sites excluding steroid dienone is 1. The first kappa shape index (κ1) is 23.2. The summed E-state index contributed by atoms with van der Waals surface area (Å²) in [6.45, 7) is 4.84. The maximum atomic E-state index is 12.1. The lowest BCUT2D eigenvalue weighted by atomic mass is 9.97. The third-order valence-corrected chi connectivity index (χ3v) is 5.06. The second-order valence-corrected chi connectivity index (χ2v) is 8.16. The normalized spacial score (nSPS) is 13.4. The Morgan fingerprint density at radius 3 is 2.59 bits per heavy atom. The Bertz CT molecular complexity index is 973. The lowest BCUT2D eigenvalue weighted by molar-refractivity contribution is -0.383. The van der Waals surface area contributed by atoms with Gasteiger partial charge in [0.2, 0.25) is 11.6 Å². The van der Waals surface area contributed by atoms with Crippen LogP contribution >= 0.6 is 0 Å². The second-order valence-electron chi connectivity index (χ2n) is 8.16. The first-order valence-electron chi connectivity index (χ1n) is 10.9. The SMILES string of the molecule is CC(C)COC(=O)c1ccc(Nc2ncnc(NCCC3=CCCCC3)c2[N+](=O)[O-])cc1. The monoisotopic (exact) mass is 439 g/mol. The van der Waals surface area contributed by atoms with Crippen molar-refractivity contribution < 1.29 is 14.5 Å². The third kappa shape index (κ3) is 6.50. The van der Waals surface area contributed by atoms with Crippen molar-refractivity contribution in [1.29, 1.82) is 0 Å². The van der Waals surface area contributed by atoms with Crippen molar-refractivity contribution in [3.63, 3.8) is 0 Å². The molecule has 0 fully saturated rings. The van der Waals surface area contributed by atoms with E-state index in [4.69, 9.17) is 4.74 Å². The molecule has 1 aromatic carbocycles. The molecule has 0 atom stereocenters. The summed E-state index contributed by atoms with van der Waals surface area (Å²) < 4.78 is 5.21. The predicted octanol–water partition coefficient (Wildman–Crippen LogP) is 5.24. The average molecular weight is 440 g/mol. The van der Waals surface area contributed by atoms with Crippen LogP contribution in [0.5, 0.6) is 0 Å². The highest BCUT2D eigenvalue weighted by molar-refractivity contribution is 5.90. The quantitative estimate of drug-likeness (QED) is 0.223. The van der Waals surface area contributed by atoms with E-state index < -0.39 is 10.9 Å². The Morgan fingerprint density at radius 2 is 1.94 bits per heavy atom. The minimum atomic E-state index is -0.498. The van der Waals surface area contributed by atoms with Gasteiger partial charge in [0.1, 0.15) is 6.33 Å². The minimum absolute atomic E-state index is 0.0829. The molecule has 1 aromatic heterocycles. The standard InChI is InChI=1S/C23H29N5O4/c1-16(2)14-32-23(29)18-8-10-19(11-9-18)27-22-20(28(30)31)21(25-15-26-22)24-13-12-17-6-4-3-5-7-17/h6,8-11,15-16H,3-5,7,12-14H2,1-2H3,(H2,24,25,26,27). The van der Waals surface area contributed by atoms with E-state index in [1.165, 1.54) is 24.7 Å². The van der Waals surface area contributed by atoms with E-state index in [0.717, 1.165) is 19.3 Å². The first-order chi connectivity index (χ1) is 15.4. The van der Waals surface area contributed by atoms with Crippen molar-refractivity contribution in [3.05, 3.63) is 57.9 Å². The van der Waals surface area contributed by atoms with Crippen LogP contribution < -0.4 is 10.6 Å². The van der Waals surface area contributed by atoms with E-state index in [1.54, 1.807) is 24.3 Å². The molecule has 0 saturated heterocycles. The summed E-state index contributed by atoms with van der Waals surface area (Å²) in [7, 11) is 0. The molecule has 0 unspecified atom stereocenters. The van der Waals surface area contributed by atoms with Gasteiger partial charge >= 0.3 is 11.7 Å². The summed E-state index contributed by atoms with van der Waals surface area (Å²) >= 11 is 0. The van der Waals surface area contributed by atoms with E-state index in [-0.39, 0.29) is 23.2 Å². The summed E-state index contributed by atoms with van der Waals surface area (Å²) in [4.78, 5) is 31.4. The van der Waals surface area contributed by atoms with Crippen LogP contribution in [0.15, 0.2) is 42.2 Å². The number of nitrogens with one attached hydrogen (secondary N) is 2. The van der Waals surface area contributed by atoms with Crippen molar-refractivity contribution in [2.75, 3.05) is 23.8 Å². The second kappa shape index (κ2) is 11.2. The first-order valence-corrected chi connectivity index (χ1v) is 10.9. The van der Waals surface area contributed by atoms with E-state index >= 15 is 0 Å². The summed E-state index contributed by atoms with van der Waals surface area (Å²) in [5.74, 6) is 0.107. The summed E-state index contributed by atoms with van der Waals surface area (Å²) in [5, 5.41) is 17.8. The number of aromatic nitrogens is 2. The molecule has 0 bridgehead atoms. The molecule has 1 aliphatic carbocycles. The van der Waals surface area contributed by atoms with Gasteiger partial charge in [-0.2, -0.15) is 0 Å². The molecule has 0 radical (unpaired) electrons. The smallest absolute Gasteiger partial charge is 0.353 e. The topological polar surface area (TPSA) is 119 Å². The molecule has 9 nitrogen and oxygen atoms in total. The van der Waals surface area contributed by atoms with Crippen LogP contribution in [0.25, 0.3) is 0 Å². The predicted molar refractivity (Wildman–Crippen MR) is 123 cm³/mol. The Labute approximate surface area is 187 Å². The van der Waals surface area contributed by atoms with Gasteiger partial charge in [-0.05, 0) is 62.3 Å². The van der Waals surface area contributed by atoms with Gasteiger partial charge in [-0.15, -0.1) is 0 Å². The molecule has 1 aliphatic rings. The molecular weight excluding hydrogens is 410 g/mol. The van der Waals surface area contributed by atoms with Gasteiger partial charge in [-0.3, -0.25) is 10.1 Å². The molecule has 170 valence electrons. The highest BCUT2D eigenvalue weighted by Gasteiger charge is 2.23. The van der Waals surface area contributed by atoms with E-state index in [9.17, 15) is 14.9 Å². The van der Waals surface area contributed by atoms with Gasteiger partial charge in [0.25, 0.3) is 0 Å². The fourth-order valence-corrected chi connectivity index (χ4v) is 3.40. The van der Waals surface area contributed by atoms with E-state index in [2.05, 4.69) is 26.7 Å². The number of hydrogen-bond donors (Lipinski definition) is 2. The zero-order valence-electron chi connectivity index (χ0n) is 18.5. The lowest BCUT2D eigenvalue weighted by Gasteiger charge is -2.14. The molecule has 9 heteroatoms. The number of carbonyl (C=O) groups is 1. The Kier molecular flexibility index (Phi) is 8.13. The fourth-order valence-electron chi connectivity index (χ4n) is 3.40. The Morgan fingerprint density at radius 1 is 1.19 bits per heavy atom. The number of ether oxygens (including phenoxy) is 1. The largest absolute Gasteiger partial charge is 0.462 e. The number of hydrogen-bond acceptors (Lipinski definition) is 8. The molecular formula is C23H29N5O4. The van der Waals surface area contributed by atoms with Gasteiger partial charge in [-0.1, -0.05) is 25.5 Å². The van der Waals surface area contributed by atoms with Crippen molar-refractivity contribution in [3.8, 4) is 0 Å².